The van der Waals surface area contributed by atoms with E-state index in [0.717, 1.165) is 36.1 Å². The summed E-state index contributed by atoms with van der Waals surface area (Å²) in [4.78, 5) is 11.6. The lowest BCUT2D eigenvalue weighted by Gasteiger charge is -2.44. The zero-order valence-electron chi connectivity index (χ0n) is 7.70. The van der Waals surface area contributed by atoms with E-state index in [0.29, 0.717) is 11.8 Å². The molecule has 1 N–H and O–H groups in total. The van der Waals surface area contributed by atoms with Crippen molar-refractivity contribution in [2.24, 2.45) is 35.5 Å². The van der Waals surface area contributed by atoms with Gasteiger partial charge >= 0.3 is 0 Å². The zero-order valence-corrected chi connectivity index (χ0v) is 7.70. The topological polar surface area (TPSA) is 29.1 Å². The third kappa shape index (κ3) is 0.598. The predicted octanol–water partition coefficient (Wildman–Crippen LogP) is 1.02. The first-order chi connectivity index (χ1) is 6.36. The lowest BCUT2D eigenvalue weighted by Crippen LogP contribution is -2.41. The Kier molecular flexibility index (Phi) is 1.02. The number of nitrogens with one attached hydrogen (secondary N) is 1. The molecule has 2 heteroatoms. The van der Waals surface area contributed by atoms with Crippen molar-refractivity contribution in [3.8, 4) is 0 Å². The summed E-state index contributed by atoms with van der Waals surface area (Å²) in [6.07, 6.45) is 4.27. The van der Waals surface area contributed by atoms with Crippen LogP contribution in [0.25, 0.3) is 0 Å². The molecule has 1 heterocycles. The molecule has 1 aliphatic heterocycles. The highest BCUT2D eigenvalue weighted by molar-refractivity contribution is 5.82. The van der Waals surface area contributed by atoms with Crippen LogP contribution < -0.4 is 5.32 Å². The molecule has 2 bridgehead atoms. The Morgan fingerprint density at radius 2 is 1.77 bits per heavy atom. The van der Waals surface area contributed by atoms with Gasteiger partial charge in [0.25, 0.3) is 0 Å². The first kappa shape index (κ1) is 6.86. The molecule has 2 nitrogen and oxygen atoms in total. The first-order valence-electron chi connectivity index (χ1n) is 5.64. The molecule has 4 fully saturated rings. The van der Waals surface area contributed by atoms with Crippen LogP contribution in [-0.4, -0.2) is 12.5 Å². The molecule has 1 amide bonds. The maximum Gasteiger partial charge on any atom is 0.223 e. The molecule has 0 spiro atoms. The molecule has 0 radical (unpaired) electrons. The van der Waals surface area contributed by atoms with Crippen LogP contribution in [0.5, 0.6) is 0 Å². The van der Waals surface area contributed by atoms with Crippen molar-refractivity contribution in [2.45, 2.75) is 19.3 Å². The highest BCUT2D eigenvalue weighted by atomic mass is 16.2. The molecule has 3 aliphatic carbocycles. The number of carbonyl (C=O) groups excluding carboxylic acids is 1. The smallest absolute Gasteiger partial charge is 0.223 e. The van der Waals surface area contributed by atoms with E-state index < -0.39 is 0 Å². The molecule has 0 aromatic heterocycles. The standard InChI is InChI=1S/C11H15NO/c13-11-10-8-3-7(9(10)4-12-11)5-1-2-6(5)8/h5-10H,1-4H2,(H,12,13). The average Bonchev–Trinajstić information content (AvgIpc) is 2.60. The van der Waals surface area contributed by atoms with Gasteiger partial charge in [-0.2, -0.15) is 0 Å². The van der Waals surface area contributed by atoms with Crippen LogP contribution in [0, 0.1) is 35.5 Å². The van der Waals surface area contributed by atoms with E-state index in [9.17, 15) is 4.79 Å². The Morgan fingerprint density at radius 3 is 2.54 bits per heavy atom. The van der Waals surface area contributed by atoms with E-state index in [1.807, 2.05) is 0 Å². The highest BCUT2D eigenvalue weighted by Gasteiger charge is 2.64. The summed E-state index contributed by atoms with van der Waals surface area (Å²) in [6, 6.07) is 0. The minimum absolute atomic E-state index is 0.378. The summed E-state index contributed by atoms with van der Waals surface area (Å²) in [6.45, 7) is 0.994. The Labute approximate surface area is 78.1 Å². The van der Waals surface area contributed by atoms with Crippen LogP contribution in [0.15, 0.2) is 0 Å². The van der Waals surface area contributed by atoms with Gasteiger partial charge in [0.15, 0.2) is 0 Å². The molecule has 1 saturated heterocycles. The van der Waals surface area contributed by atoms with Crippen LogP contribution in [0.4, 0.5) is 0 Å². The van der Waals surface area contributed by atoms with Crippen molar-refractivity contribution in [1.82, 2.24) is 5.32 Å². The van der Waals surface area contributed by atoms with Gasteiger partial charge in [-0.3, -0.25) is 4.79 Å². The summed E-state index contributed by atoms with van der Waals surface area (Å²) in [5.74, 6) is 5.24. The molecule has 0 aromatic carbocycles. The van der Waals surface area contributed by atoms with Gasteiger partial charge in [0, 0.05) is 12.5 Å². The second kappa shape index (κ2) is 1.94. The molecule has 6 atom stereocenters. The predicted molar refractivity (Wildman–Crippen MR) is 47.8 cm³/mol. The van der Waals surface area contributed by atoms with Gasteiger partial charge < -0.3 is 5.32 Å². The van der Waals surface area contributed by atoms with Gasteiger partial charge in [0.05, 0.1) is 0 Å². The molecule has 3 saturated carbocycles. The number of amides is 1. The van der Waals surface area contributed by atoms with Crippen molar-refractivity contribution >= 4 is 5.91 Å². The molecule has 0 aromatic rings. The van der Waals surface area contributed by atoms with Gasteiger partial charge in [-0.1, -0.05) is 0 Å². The minimum Gasteiger partial charge on any atom is -0.356 e. The van der Waals surface area contributed by atoms with E-state index in [1.54, 1.807) is 0 Å². The van der Waals surface area contributed by atoms with Crippen LogP contribution >= 0.6 is 0 Å². The fraction of sp³-hybridized carbons (Fsp3) is 0.909. The first-order valence-corrected chi connectivity index (χ1v) is 5.64. The van der Waals surface area contributed by atoms with E-state index in [1.165, 1.54) is 19.3 Å². The molecule has 70 valence electrons. The number of rotatable bonds is 0. The number of fused-ring (bicyclic) bond motifs is 8. The quantitative estimate of drug-likeness (QED) is 0.588. The molecular weight excluding hydrogens is 162 g/mol. The van der Waals surface area contributed by atoms with Gasteiger partial charge in [-0.05, 0) is 48.9 Å². The van der Waals surface area contributed by atoms with E-state index in [-0.39, 0.29) is 0 Å². The van der Waals surface area contributed by atoms with Crippen molar-refractivity contribution in [1.29, 1.82) is 0 Å². The maximum atomic E-state index is 11.6. The summed E-state index contributed by atoms with van der Waals surface area (Å²) < 4.78 is 0. The third-order valence-corrected chi connectivity index (χ3v) is 5.31. The second-order valence-corrected chi connectivity index (χ2v) is 5.40. The molecule has 6 unspecified atom stereocenters. The summed E-state index contributed by atoms with van der Waals surface area (Å²) in [7, 11) is 0. The van der Waals surface area contributed by atoms with Crippen molar-refractivity contribution in [2.75, 3.05) is 6.54 Å². The van der Waals surface area contributed by atoms with E-state index >= 15 is 0 Å². The fourth-order valence-corrected chi connectivity index (χ4v) is 4.77. The zero-order chi connectivity index (χ0) is 8.58. The molecule has 4 rings (SSSR count). The largest absolute Gasteiger partial charge is 0.356 e. The summed E-state index contributed by atoms with van der Waals surface area (Å²) in [5, 5.41) is 3.05. The number of hydrogen-bond acceptors (Lipinski definition) is 1. The number of hydrogen-bond donors (Lipinski definition) is 1. The minimum atomic E-state index is 0.378. The summed E-state index contributed by atoms with van der Waals surface area (Å²) in [5.41, 5.74) is 0. The fourth-order valence-electron chi connectivity index (χ4n) is 4.77. The SMILES string of the molecule is O=C1NCC2C3CC(C4CCC34)C12. The van der Waals surface area contributed by atoms with Crippen LogP contribution in [0.2, 0.25) is 0 Å². The van der Waals surface area contributed by atoms with Crippen LogP contribution in [-0.2, 0) is 4.79 Å². The second-order valence-electron chi connectivity index (χ2n) is 5.40. The van der Waals surface area contributed by atoms with Crippen LogP contribution in [0.1, 0.15) is 19.3 Å². The van der Waals surface area contributed by atoms with Crippen molar-refractivity contribution < 1.29 is 4.79 Å². The van der Waals surface area contributed by atoms with Gasteiger partial charge in [-0.25, -0.2) is 0 Å². The summed E-state index contributed by atoms with van der Waals surface area (Å²) >= 11 is 0. The highest BCUT2D eigenvalue weighted by Crippen LogP contribution is 2.66. The van der Waals surface area contributed by atoms with E-state index in [4.69, 9.17) is 0 Å². The lowest BCUT2D eigenvalue weighted by molar-refractivity contribution is -0.126. The average molecular weight is 177 g/mol. The third-order valence-electron chi connectivity index (χ3n) is 5.31. The normalized spacial score (nSPS) is 61.4. The van der Waals surface area contributed by atoms with Crippen molar-refractivity contribution in [3.63, 3.8) is 0 Å². The van der Waals surface area contributed by atoms with E-state index in [2.05, 4.69) is 5.32 Å². The Balaban J connectivity index is 1.76. The number of carbonyl (C=O) groups is 1. The monoisotopic (exact) mass is 177 g/mol. The van der Waals surface area contributed by atoms with Gasteiger partial charge in [-0.15, -0.1) is 0 Å². The molecule has 13 heavy (non-hydrogen) atoms. The van der Waals surface area contributed by atoms with Gasteiger partial charge in [0.2, 0.25) is 5.91 Å². The molecule has 4 aliphatic rings. The lowest BCUT2D eigenvalue weighted by atomic mass is 9.60. The molecular formula is C11H15NO. The van der Waals surface area contributed by atoms with Crippen molar-refractivity contribution in [3.05, 3.63) is 0 Å². The maximum absolute atomic E-state index is 11.6. The Morgan fingerprint density at radius 1 is 1.00 bits per heavy atom. The van der Waals surface area contributed by atoms with Gasteiger partial charge in [0.1, 0.15) is 0 Å². The van der Waals surface area contributed by atoms with Crippen LogP contribution in [0.3, 0.4) is 0 Å². The Hall–Kier alpha value is -0.530. The Bertz CT molecular complexity index is 288.